The van der Waals surface area contributed by atoms with Crippen molar-refractivity contribution in [2.45, 2.75) is 63.1 Å². The lowest BCUT2D eigenvalue weighted by molar-refractivity contribution is -0.127. The molecule has 126 valence electrons. The van der Waals surface area contributed by atoms with E-state index in [1.807, 2.05) is 6.07 Å². The summed E-state index contributed by atoms with van der Waals surface area (Å²) in [5.41, 5.74) is 0.572. The molecule has 4 nitrogen and oxygen atoms in total. The minimum atomic E-state index is -0.748. The topological polar surface area (TPSA) is 52.6 Å². The minimum absolute atomic E-state index is 0.0148. The Morgan fingerprint density at radius 3 is 2.70 bits per heavy atom. The standard InChI is InChI=1S/C19H28N2O2/c22-18(13-19(23)10-4-5-11-19)20-17-9-6-12-21(15-17)14-16-7-2-1-3-8-16/h1-3,7-8,17,23H,4-6,9-15H2,(H,20,22). The second-order valence-corrected chi connectivity index (χ2v) is 7.24. The van der Waals surface area contributed by atoms with Crippen LogP contribution in [0.1, 0.15) is 50.5 Å². The quantitative estimate of drug-likeness (QED) is 0.877. The van der Waals surface area contributed by atoms with E-state index in [1.165, 1.54) is 5.56 Å². The summed E-state index contributed by atoms with van der Waals surface area (Å²) < 4.78 is 0. The van der Waals surface area contributed by atoms with E-state index < -0.39 is 5.60 Å². The van der Waals surface area contributed by atoms with Crippen LogP contribution in [0.3, 0.4) is 0 Å². The molecule has 1 saturated heterocycles. The number of aliphatic hydroxyl groups is 1. The fourth-order valence-corrected chi connectivity index (χ4v) is 3.95. The first-order chi connectivity index (χ1) is 11.1. The molecule has 1 atom stereocenters. The highest BCUT2D eigenvalue weighted by atomic mass is 16.3. The maximum atomic E-state index is 12.2. The fourth-order valence-electron chi connectivity index (χ4n) is 3.95. The SMILES string of the molecule is O=C(CC1(O)CCCC1)NC1CCCN(Cc2ccccc2)C1. The van der Waals surface area contributed by atoms with E-state index in [-0.39, 0.29) is 18.4 Å². The molecule has 3 rings (SSSR count). The van der Waals surface area contributed by atoms with Gasteiger partial charge in [-0.1, -0.05) is 43.2 Å². The number of benzene rings is 1. The molecule has 1 unspecified atom stereocenters. The van der Waals surface area contributed by atoms with Crippen molar-refractivity contribution in [3.05, 3.63) is 35.9 Å². The molecule has 0 radical (unpaired) electrons. The summed E-state index contributed by atoms with van der Waals surface area (Å²) in [6.45, 7) is 2.93. The number of piperidine rings is 1. The van der Waals surface area contributed by atoms with Gasteiger partial charge in [0.2, 0.25) is 5.91 Å². The summed E-state index contributed by atoms with van der Waals surface area (Å²) in [5.74, 6) is 0.0148. The Hall–Kier alpha value is -1.39. The van der Waals surface area contributed by atoms with Crippen LogP contribution < -0.4 is 5.32 Å². The molecule has 1 amide bonds. The van der Waals surface area contributed by atoms with Gasteiger partial charge in [-0.15, -0.1) is 0 Å². The zero-order chi connectivity index (χ0) is 16.1. The monoisotopic (exact) mass is 316 g/mol. The van der Waals surface area contributed by atoms with Crippen molar-refractivity contribution >= 4 is 5.91 Å². The summed E-state index contributed by atoms with van der Waals surface area (Å²) in [7, 11) is 0. The van der Waals surface area contributed by atoms with Gasteiger partial charge in [0.15, 0.2) is 0 Å². The van der Waals surface area contributed by atoms with Gasteiger partial charge in [0, 0.05) is 19.1 Å². The molecule has 1 aliphatic carbocycles. The smallest absolute Gasteiger partial charge is 0.223 e. The number of carbonyl (C=O) groups excluding carboxylic acids is 1. The van der Waals surface area contributed by atoms with Crippen molar-refractivity contribution in [1.29, 1.82) is 0 Å². The predicted octanol–water partition coefficient (Wildman–Crippen LogP) is 2.46. The fraction of sp³-hybridized carbons (Fsp3) is 0.632. The van der Waals surface area contributed by atoms with Crippen LogP contribution in [0.15, 0.2) is 30.3 Å². The molecule has 1 saturated carbocycles. The van der Waals surface area contributed by atoms with Crippen molar-refractivity contribution in [2.75, 3.05) is 13.1 Å². The van der Waals surface area contributed by atoms with Crippen LogP contribution >= 0.6 is 0 Å². The maximum Gasteiger partial charge on any atom is 0.223 e. The average Bonchev–Trinajstić information content (AvgIpc) is 2.94. The van der Waals surface area contributed by atoms with Gasteiger partial charge in [-0.2, -0.15) is 0 Å². The molecule has 1 aromatic rings. The van der Waals surface area contributed by atoms with Crippen LogP contribution in [0.2, 0.25) is 0 Å². The minimum Gasteiger partial charge on any atom is -0.389 e. The molecule has 1 aromatic carbocycles. The highest BCUT2D eigenvalue weighted by Gasteiger charge is 2.34. The van der Waals surface area contributed by atoms with E-state index in [2.05, 4.69) is 34.5 Å². The molecule has 0 aromatic heterocycles. The zero-order valence-electron chi connectivity index (χ0n) is 13.8. The number of amides is 1. The third-order valence-corrected chi connectivity index (χ3v) is 5.14. The van der Waals surface area contributed by atoms with Gasteiger partial charge in [-0.05, 0) is 37.8 Å². The molecule has 2 N–H and O–H groups in total. The summed E-state index contributed by atoms with van der Waals surface area (Å²) in [6.07, 6.45) is 6.03. The van der Waals surface area contributed by atoms with Crippen LogP contribution in [0.4, 0.5) is 0 Å². The first-order valence-electron chi connectivity index (χ1n) is 8.91. The van der Waals surface area contributed by atoms with Crippen molar-refractivity contribution in [1.82, 2.24) is 10.2 Å². The number of nitrogens with one attached hydrogen (secondary N) is 1. The summed E-state index contributed by atoms with van der Waals surface area (Å²) in [6, 6.07) is 10.7. The number of hydrogen-bond donors (Lipinski definition) is 2. The molecular weight excluding hydrogens is 288 g/mol. The summed E-state index contributed by atoms with van der Waals surface area (Å²) in [4.78, 5) is 14.7. The molecular formula is C19H28N2O2. The Bertz CT molecular complexity index is 511. The van der Waals surface area contributed by atoms with Gasteiger partial charge in [0.05, 0.1) is 12.0 Å². The van der Waals surface area contributed by atoms with E-state index in [4.69, 9.17) is 0 Å². The van der Waals surface area contributed by atoms with Crippen molar-refractivity contribution in [3.63, 3.8) is 0 Å². The lowest BCUT2D eigenvalue weighted by Crippen LogP contribution is -2.48. The molecule has 1 heterocycles. The highest BCUT2D eigenvalue weighted by Crippen LogP contribution is 2.32. The van der Waals surface area contributed by atoms with Crippen LogP contribution in [0, 0.1) is 0 Å². The third kappa shape index (κ3) is 4.79. The number of likely N-dealkylation sites (tertiary alicyclic amines) is 1. The van der Waals surface area contributed by atoms with Crippen molar-refractivity contribution in [3.8, 4) is 0 Å². The largest absolute Gasteiger partial charge is 0.389 e. The van der Waals surface area contributed by atoms with E-state index >= 15 is 0 Å². The van der Waals surface area contributed by atoms with Gasteiger partial charge >= 0.3 is 0 Å². The second kappa shape index (κ2) is 7.45. The van der Waals surface area contributed by atoms with E-state index in [1.54, 1.807) is 0 Å². The zero-order valence-corrected chi connectivity index (χ0v) is 13.8. The lowest BCUT2D eigenvalue weighted by atomic mass is 9.97. The second-order valence-electron chi connectivity index (χ2n) is 7.24. The molecule has 23 heavy (non-hydrogen) atoms. The Kier molecular flexibility index (Phi) is 5.34. The Balaban J connectivity index is 1.47. The van der Waals surface area contributed by atoms with Crippen molar-refractivity contribution < 1.29 is 9.90 Å². The molecule has 0 bridgehead atoms. The van der Waals surface area contributed by atoms with Crippen LogP contribution in [-0.4, -0.2) is 40.6 Å². The van der Waals surface area contributed by atoms with E-state index in [0.29, 0.717) is 0 Å². The Morgan fingerprint density at radius 2 is 1.96 bits per heavy atom. The average molecular weight is 316 g/mol. The highest BCUT2D eigenvalue weighted by molar-refractivity contribution is 5.77. The third-order valence-electron chi connectivity index (χ3n) is 5.14. The molecule has 2 aliphatic rings. The first-order valence-corrected chi connectivity index (χ1v) is 8.91. The molecule has 1 aliphatic heterocycles. The predicted molar refractivity (Wildman–Crippen MR) is 90.9 cm³/mol. The van der Waals surface area contributed by atoms with Gasteiger partial charge in [0.1, 0.15) is 0 Å². The number of hydrogen-bond acceptors (Lipinski definition) is 3. The van der Waals surface area contributed by atoms with E-state index in [9.17, 15) is 9.90 Å². The number of nitrogens with zero attached hydrogens (tertiary/aromatic N) is 1. The van der Waals surface area contributed by atoms with Crippen molar-refractivity contribution in [2.24, 2.45) is 0 Å². The van der Waals surface area contributed by atoms with Crippen LogP contribution in [0.5, 0.6) is 0 Å². The Labute approximate surface area is 138 Å². The lowest BCUT2D eigenvalue weighted by Gasteiger charge is -2.33. The number of rotatable bonds is 5. The number of carbonyl (C=O) groups is 1. The van der Waals surface area contributed by atoms with Crippen LogP contribution in [-0.2, 0) is 11.3 Å². The van der Waals surface area contributed by atoms with E-state index in [0.717, 1.165) is 58.2 Å². The molecule has 4 heteroatoms. The van der Waals surface area contributed by atoms with Crippen LogP contribution in [0.25, 0.3) is 0 Å². The van der Waals surface area contributed by atoms with Gasteiger partial charge in [-0.25, -0.2) is 0 Å². The molecule has 2 fully saturated rings. The Morgan fingerprint density at radius 1 is 1.22 bits per heavy atom. The first kappa shape index (κ1) is 16.5. The van der Waals surface area contributed by atoms with Gasteiger partial charge in [0.25, 0.3) is 0 Å². The van der Waals surface area contributed by atoms with Gasteiger partial charge in [-0.3, -0.25) is 9.69 Å². The normalized spacial score (nSPS) is 24.5. The molecule has 0 spiro atoms. The summed E-state index contributed by atoms with van der Waals surface area (Å²) >= 11 is 0. The summed E-state index contributed by atoms with van der Waals surface area (Å²) in [5, 5.41) is 13.5. The maximum absolute atomic E-state index is 12.2. The van der Waals surface area contributed by atoms with Gasteiger partial charge < -0.3 is 10.4 Å².